The highest BCUT2D eigenvalue weighted by atomic mass is 16.5. The molecule has 0 bridgehead atoms. The summed E-state index contributed by atoms with van der Waals surface area (Å²) in [5.41, 5.74) is 0. The van der Waals surface area contributed by atoms with E-state index >= 15 is 0 Å². The van der Waals surface area contributed by atoms with Gasteiger partial charge in [0.15, 0.2) is 0 Å². The molecule has 1 unspecified atom stereocenters. The van der Waals surface area contributed by atoms with Crippen molar-refractivity contribution in [2.75, 3.05) is 40.0 Å². The minimum absolute atomic E-state index is 0.0174. The first-order chi connectivity index (χ1) is 10.6. The Morgan fingerprint density at radius 1 is 1.09 bits per heavy atom. The van der Waals surface area contributed by atoms with E-state index in [0.717, 1.165) is 19.5 Å². The summed E-state index contributed by atoms with van der Waals surface area (Å²) in [4.78, 5) is 25.4. The monoisotopic (exact) mass is 313 g/mol. The van der Waals surface area contributed by atoms with Crippen molar-refractivity contribution in [2.45, 2.75) is 32.1 Å². The molecule has 0 aromatic rings. The van der Waals surface area contributed by atoms with Gasteiger partial charge in [0.1, 0.15) is 0 Å². The van der Waals surface area contributed by atoms with E-state index in [1.165, 1.54) is 0 Å². The van der Waals surface area contributed by atoms with Crippen molar-refractivity contribution >= 4 is 11.9 Å². The van der Waals surface area contributed by atoms with Gasteiger partial charge in [-0.05, 0) is 32.1 Å². The fourth-order valence-electron chi connectivity index (χ4n) is 3.41. The number of amides is 1. The van der Waals surface area contributed by atoms with E-state index in [0.29, 0.717) is 51.4 Å². The minimum Gasteiger partial charge on any atom is -0.481 e. The van der Waals surface area contributed by atoms with Crippen molar-refractivity contribution in [3.8, 4) is 0 Å². The van der Waals surface area contributed by atoms with Gasteiger partial charge < -0.3 is 19.5 Å². The number of nitrogens with zero attached hydrogens (tertiary/aromatic N) is 1. The van der Waals surface area contributed by atoms with Crippen molar-refractivity contribution in [3.05, 3.63) is 0 Å². The number of carboxylic acids is 1. The summed E-state index contributed by atoms with van der Waals surface area (Å²) in [5.74, 6) is -0.340. The molecule has 1 saturated carbocycles. The number of carbonyl (C=O) groups excluding carboxylic acids is 1. The first-order valence-electron chi connectivity index (χ1n) is 8.20. The number of ether oxygens (including phenoxy) is 2. The van der Waals surface area contributed by atoms with Crippen LogP contribution in [0.3, 0.4) is 0 Å². The molecule has 0 aromatic heterocycles. The highest BCUT2D eigenvalue weighted by Crippen LogP contribution is 2.31. The topological polar surface area (TPSA) is 76.1 Å². The van der Waals surface area contributed by atoms with Gasteiger partial charge in [-0.15, -0.1) is 0 Å². The Kier molecular flexibility index (Phi) is 6.64. The molecule has 6 nitrogen and oxygen atoms in total. The number of likely N-dealkylation sites (tertiary alicyclic amines) is 1. The van der Waals surface area contributed by atoms with E-state index in [1.807, 2.05) is 4.90 Å². The molecule has 1 saturated heterocycles. The average Bonchev–Trinajstić information content (AvgIpc) is 3.00. The van der Waals surface area contributed by atoms with E-state index in [2.05, 4.69) is 0 Å². The van der Waals surface area contributed by atoms with E-state index in [-0.39, 0.29) is 17.7 Å². The molecular formula is C16H27NO5. The van der Waals surface area contributed by atoms with Crippen molar-refractivity contribution in [2.24, 2.45) is 17.8 Å². The predicted octanol–water partition coefficient (Wildman–Crippen LogP) is 1.39. The zero-order chi connectivity index (χ0) is 15.9. The van der Waals surface area contributed by atoms with Crippen LogP contribution in [0, 0.1) is 17.8 Å². The number of carbonyl (C=O) groups is 2. The second kappa shape index (κ2) is 8.48. The number of rotatable bonds is 7. The Bertz CT molecular complexity index is 379. The SMILES string of the molecule is COCCOCC1CCN(C(=O)C2CCC(C(=O)O)CC2)C1. The second-order valence-corrected chi connectivity index (χ2v) is 6.39. The van der Waals surface area contributed by atoms with Gasteiger partial charge in [-0.2, -0.15) is 0 Å². The standard InChI is InChI=1S/C16H27NO5/c1-21-8-9-22-11-12-6-7-17(10-12)15(18)13-2-4-14(5-3-13)16(19)20/h12-14H,2-11H2,1H3,(H,19,20). The summed E-state index contributed by atoms with van der Waals surface area (Å²) >= 11 is 0. The van der Waals surface area contributed by atoms with Crippen LogP contribution in [0.4, 0.5) is 0 Å². The molecule has 1 aliphatic heterocycles. The Morgan fingerprint density at radius 3 is 2.41 bits per heavy atom. The highest BCUT2D eigenvalue weighted by Gasteiger charge is 2.34. The first kappa shape index (κ1) is 17.2. The van der Waals surface area contributed by atoms with E-state index in [1.54, 1.807) is 7.11 Å². The average molecular weight is 313 g/mol. The van der Waals surface area contributed by atoms with Crippen molar-refractivity contribution in [1.29, 1.82) is 0 Å². The van der Waals surface area contributed by atoms with Gasteiger partial charge in [-0.3, -0.25) is 9.59 Å². The molecule has 2 fully saturated rings. The first-order valence-corrected chi connectivity index (χ1v) is 8.20. The maximum Gasteiger partial charge on any atom is 0.306 e. The number of hydrogen-bond acceptors (Lipinski definition) is 4. The van der Waals surface area contributed by atoms with Crippen LogP contribution in [0.15, 0.2) is 0 Å². The Morgan fingerprint density at radius 2 is 1.77 bits per heavy atom. The second-order valence-electron chi connectivity index (χ2n) is 6.39. The molecule has 1 atom stereocenters. The van der Waals surface area contributed by atoms with Crippen LogP contribution in [0.2, 0.25) is 0 Å². The van der Waals surface area contributed by atoms with Crippen LogP contribution in [-0.2, 0) is 19.1 Å². The van der Waals surface area contributed by atoms with Gasteiger partial charge in [-0.1, -0.05) is 0 Å². The zero-order valence-electron chi connectivity index (χ0n) is 13.3. The van der Waals surface area contributed by atoms with Gasteiger partial charge in [0.05, 0.1) is 25.7 Å². The molecular weight excluding hydrogens is 286 g/mol. The van der Waals surface area contributed by atoms with Crippen LogP contribution in [-0.4, -0.2) is 61.9 Å². The Hall–Kier alpha value is -1.14. The molecule has 6 heteroatoms. The normalized spacial score (nSPS) is 28.8. The van der Waals surface area contributed by atoms with Crippen LogP contribution in [0.25, 0.3) is 0 Å². The van der Waals surface area contributed by atoms with Crippen LogP contribution in [0.5, 0.6) is 0 Å². The van der Waals surface area contributed by atoms with Gasteiger partial charge in [0, 0.05) is 32.0 Å². The lowest BCUT2D eigenvalue weighted by Crippen LogP contribution is -2.37. The third-order valence-corrected chi connectivity index (χ3v) is 4.81. The van der Waals surface area contributed by atoms with Gasteiger partial charge in [0.25, 0.3) is 0 Å². The molecule has 1 N–H and O–H groups in total. The molecule has 1 aliphatic carbocycles. The molecule has 22 heavy (non-hydrogen) atoms. The quantitative estimate of drug-likeness (QED) is 0.719. The number of aliphatic carboxylic acids is 1. The van der Waals surface area contributed by atoms with Crippen LogP contribution >= 0.6 is 0 Å². The number of hydrogen-bond donors (Lipinski definition) is 1. The van der Waals surface area contributed by atoms with E-state index < -0.39 is 5.97 Å². The van der Waals surface area contributed by atoms with Crippen molar-refractivity contribution < 1.29 is 24.2 Å². The molecule has 0 spiro atoms. The van der Waals surface area contributed by atoms with Gasteiger partial charge in [-0.25, -0.2) is 0 Å². The van der Waals surface area contributed by atoms with Gasteiger partial charge in [0.2, 0.25) is 5.91 Å². The summed E-state index contributed by atoms with van der Waals surface area (Å²) in [6.45, 7) is 3.45. The maximum absolute atomic E-state index is 12.5. The fraction of sp³-hybridized carbons (Fsp3) is 0.875. The molecule has 0 aromatic carbocycles. The van der Waals surface area contributed by atoms with Gasteiger partial charge >= 0.3 is 5.97 Å². The highest BCUT2D eigenvalue weighted by molar-refractivity contribution is 5.79. The zero-order valence-corrected chi connectivity index (χ0v) is 13.3. The minimum atomic E-state index is -0.722. The molecule has 1 heterocycles. The number of carboxylic acid groups (broad SMARTS) is 1. The van der Waals surface area contributed by atoms with Crippen LogP contribution < -0.4 is 0 Å². The molecule has 126 valence electrons. The summed E-state index contributed by atoms with van der Waals surface area (Å²) in [5, 5.41) is 9.01. The van der Waals surface area contributed by atoms with Crippen molar-refractivity contribution in [3.63, 3.8) is 0 Å². The Balaban J connectivity index is 1.69. The number of methoxy groups -OCH3 is 1. The van der Waals surface area contributed by atoms with E-state index in [9.17, 15) is 9.59 Å². The summed E-state index contributed by atoms with van der Waals surface area (Å²) in [6.07, 6.45) is 3.66. The van der Waals surface area contributed by atoms with Crippen LogP contribution in [0.1, 0.15) is 32.1 Å². The predicted molar refractivity (Wildman–Crippen MR) is 80.5 cm³/mol. The largest absolute Gasteiger partial charge is 0.481 e. The summed E-state index contributed by atoms with van der Waals surface area (Å²) in [6, 6.07) is 0. The summed E-state index contributed by atoms with van der Waals surface area (Å²) in [7, 11) is 1.65. The summed E-state index contributed by atoms with van der Waals surface area (Å²) < 4.78 is 10.5. The maximum atomic E-state index is 12.5. The smallest absolute Gasteiger partial charge is 0.306 e. The lowest BCUT2D eigenvalue weighted by atomic mass is 9.81. The molecule has 0 radical (unpaired) electrons. The van der Waals surface area contributed by atoms with E-state index in [4.69, 9.17) is 14.6 Å². The fourth-order valence-corrected chi connectivity index (χ4v) is 3.41. The lowest BCUT2D eigenvalue weighted by Gasteiger charge is -2.28. The lowest BCUT2D eigenvalue weighted by molar-refractivity contribution is -0.145. The third kappa shape index (κ3) is 4.68. The van der Waals surface area contributed by atoms with Crippen molar-refractivity contribution in [1.82, 2.24) is 4.90 Å². The third-order valence-electron chi connectivity index (χ3n) is 4.81. The molecule has 2 aliphatic rings. The molecule has 1 amide bonds. The molecule has 2 rings (SSSR count). The Labute approximate surface area is 131 Å².